The van der Waals surface area contributed by atoms with Crippen molar-refractivity contribution in [3.63, 3.8) is 0 Å². The molecule has 0 bridgehead atoms. The Kier molecular flexibility index (Phi) is 10.9. The molecular weight excluding hydrogens is 683 g/mol. The number of hydrogen-bond acceptors (Lipinski definition) is 7. The third-order valence-corrected chi connectivity index (χ3v) is 11.0. The molecule has 50 heavy (non-hydrogen) atoms. The number of nitrogens with two attached hydrogens (primary N) is 1. The van der Waals surface area contributed by atoms with Gasteiger partial charge < -0.3 is 24.5 Å². The molecule has 6 N–H and O–H groups in total. The molecule has 0 saturated carbocycles. The van der Waals surface area contributed by atoms with Crippen molar-refractivity contribution in [3.8, 4) is 6.07 Å². The highest BCUT2D eigenvalue weighted by Gasteiger charge is 2.32. The molecule has 0 aliphatic carbocycles. The molecule has 1 saturated heterocycles. The Morgan fingerprint density at radius 1 is 1.02 bits per heavy atom. The first-order chi connectivity index (χ1) is 23.8. The van der Waals surface area contributed by atoms with Crippen LogP contribution in [0.1, 0.15) is 31.9 Å². The number of sulfonamides is 2. The van der Waals surface area contributed by atoms with Crippen LogP contribution in [0, 0.1) is 17.2 Å². The predicted octanol–water partition coefficient (Wildman–Crippen LogP) is 3.66. The maximum Gasteiger partial charge on any atom is 0.330 e. The summed E-state index contributed by atoms with van der Waals surface area (Å²) in [4.78, 5) is 32.7. The Labute approximate surface area is 289 Å². The summed E-state index contributed by atoms with van der Waals surface area (Å²) in [6, 6.07) is 17.6. The lowest BCUT2D eigenvalue weighted by Crippen LogP contribution is -2.51. The third kappa shape index (κ3) is 8.32. The molecule has 1 fully saturated rings. The van der Waals surface area contributed by atoms with Crippen LogP contribution in [0.25, 0.3) is 21.8 Å². The van der Waals surface area contributed by atoms with E-state index in [4.69, 9.17) is 5.14 Å². The van der Waals surface area contributed by atoms with Crippen LogP contribution in [0.4, 0.5) is 0 Å². The lowest BCUT2D eigenvalue weighted by molar-refractivity contribution is -0.134. The van der Waals surface area contributed by atoms with Gasteiger partial charge in [0.2, 0.25) is 26.0 Å². The first-order valence-electron chi connectivity index (χ1n) is 15.7. The van der Waals surface area contributed by atoms with Crippen molar-refractivity contribution in [2.75, 3.05) is 13.1 Å². The second-order valence-electron chi connectivity index (χ2n) is 11.9. The first kappa shape index (κ1) is 36.1. The van der Waals surface area contributed by atoms with E-state index < -0.39 is 32.1 Å². The van der Waals surface area contributed by atoms with E-state index in [2.05, 4.69) is 20.8 Å². The molecule has 1 amide bonds. The smallest absolute Gasteiger partial charge is 0.330 e. The number of benzene rings is 2. The lowest BCUT2D eigenvalue weighted by atomic mass is 9.95. The maximum atomic E-state index is 13.7. The van der Waals surface area contributed by atoms with Crippen molar-refractivity contribution in [3.05, 3.63) is 96.6 Å². The van der Waals surface area contributed by atoms with Crippen LogP contribution in [-0.4, -0.2) is 72.4 Å². The highest BCUT2D eigenvalue weighted by Crippen LogP contribution is 2.25. The topological polar surface area (TPSA) is 224 Å². The molecular formula is C34H37N7O7S2. The predicted molar refractivity (Wildman–Crippen MR) is 187 cm³/mol. The molecule has 262 valence electrons. The van der Waals surface area contributed by atoms with Crippen molar-refractivity contribution in [1.82, 2.24) is 24.2 Å². The van der Waals surface area contributed by atoms with Crippen molar-refractivity contribution in [1.29, 1.82) is 5.26 Å². The van der Waals surface area contributed by atoms with E-state index >= 15 is 0 Å². The van der Waals surface area contributed by atoms with Gasteiger partial charge in [0.1, 0.15) is 17.8 Å². The number of nitriles is 1. The number of carbonyl (C=O) groups excluding carboxylic acids is 1. The van der Waals surface area contributed by atoms with E-state index in [1.165, 1.54) is 19.1 Å². The Bertz CT molecular complexity index is 2310. The van der Waals surface area contributed by atoms with Gasteiger partial charge in [-0.1, -0.05) is 18.2 Å². The van der Waals surface area contributed by atoms with E-state index in [1.54, 1.807) is 82.7 Å². The number of aliphatic carboxylic acids is 1. The second kappa shape index (κ2) is 15.1. The van der Waals surface area contributed by atoms with E-state index in [9.17, 15) is 36.8 Å². The number of aryl methyl sites for hydroxylation is 1. The average Bonchev–Trinajstić information content (AvgIpc) is 3.86. The summed E-state index contributed by atoms with van der Waals surface area (Å²) in [5.41, 5.74) is 2.06. The van der Waals surface area contributed by atoms with Crippen molar-refractivity contribution >= 4 is 53.7 Å². The summed E-state index contributed by atoms with van der Waals surface area (Å²) >= 11 is 0. The zero-order chi connectivity index (χ0) is 36.1. The number of carboxylic acid groups (broad SMARTS) is 1. The van der Waals surface area contributed by atoms with E-state index in [0.717, 1.165) is 11.9 Å². The molecule has 0 spiro atoms. The minimum absolute atomic E-state index is 0.0688. The zero-order valence-electron chi connectivity index (χ0n) is 27.1. The number of H-pyrrole nitrogens is 2. The van der Waals surface area contributed by atoms with Crippen molar-refractivity contribution < 1.29 is 31.5 Å². The van der Waals surface area contributed by atoms with Gasteiger partial charge in [0.25, 0.3) is 0 Å². The molecule has 3 aromatic heterocycles. The molecule has 4 heterocycles. The minimum atomic E-state index is -4.07. The summed E-state index contributed by atoms with van der Waals surface area (Å²) in [7, 11) is -7.69. The average molecular weight is 720 g/mol. The molecule has 1 aliphatic heterocycles. The number of carboxylic acids is 1. The summed E-state index contributed by atoms with van der Waals surface area (Å²) in [6.07, 6.45) is 8.27. The number of primary sulfonamides is 1. The molecule has 6 rings (SSSR count). The SMILES string of the molecule is C/C(=C\C1CCCN(C(=O)C(CCn2cccc2C#N)NS(=O)(=O)c2cccc3[nH]ccc23)C1)C(=O)O.NS(=O)(=O)c1cccc2[nH]ccc12. The van der Waals surface area contributed by atoms with Gasteiger partial charge in [-0.3, -0.25) is 4.79 Å². The molecule has 5 aromatic rings. The molecule has 2 atom stereocenters. The number of carbonyl (C=O) groups is 2. The summed E-state index contributed by atoms with van der Waals surface area (Å²) in [5, 5.41) is 24.7. The van der Waals surface area contributed by atoms with Crippen molar-refractivity contribution in [2.45, 2.75) is 48.6 Å². The Hall–Kier alpha value is -5.21. The van der Waals surface area contributed by atoms with Gasteiger partial charge in [-0.15, -0.1) is 0 Å². The van der Waals surface area contributed by atoms with Crippen LogP contribution in [0.5, 0.6) is 0 Å². The Morgan fingerprint density at radius 2 is 1.66 bits per heavy atom. The van der Waals surface area contributed by atoms with Gasteiger partial charge in [-0.2, -0.15) is 9.98 Å². The van der Waals surface area contributed by atoms with Crippen LogP contribution >= 0.6 is 0 Å². The highest BCUT2D eigenvalue weighted by molar-refractivity contribution is 7.90. The number of aromatic amines is 2. The molecule has 2 unspecified atom stereocenters. The number of rotatable bonds is 10. The number of piperidine rings is 1. The number of hydrogen-bond donors (Lipinski definition) is 5. The first-order valence-corrected chi connectivity index (χ1v) is 18.7. The number of aromatic nitrogens is 3. The van der Waals surface area contributed by atoms with Crippen LogP contribution < -0.4 is 9.86 Å². The lowest BCUT2D eigenvalue weighted by Gasteiger charge is -2.34. The molecule has 1 aliphatic rings. The number of nitrogens with one attached hydrogen (secondary N) is 3. The van der Waals surface area contributed by atoms with Crippen LogP contribution in [0.2, 0.25) is 0 Å². The molecule has 14 nitrogen and oxygen atoms in total. The highest BCUT2D eigenvalue weighted by atomic mass is 32.2. The molecule has 16 heteroatoms. The third-order valence-electron chi connectivity index (χ3n) is 8.50. The Balaban J connectivity index is 0.000000311. The zero-order valence-corrected chi connectivity index (χ0v) is 28.7. The van der Waals surface area contributed by atoms with Gasteiger partial charge in [0, 0.05) is 65.6 Å². The minimum Gasteiger partial charge on any atom is -0.478 e. The van der Waals surface area contributed by atoms with Gasteiger partial charge >= 0.3 is 5.97 Å². The number of likely N-dealkylation sites (tertiary alicyclic amines) is 1. The molecule has 2 aromatic carbocycles. The molecule has 0 radical (unpaired) electrons. The number of fused-ring (bicyclic) bond motifs is 2. The quantitative estimate of drug-likeness (QED) is 0.134. The fraction of sp³-hybridized carbons (Fsp3) is 0.265. The summed E-state index contributed by atoms with van der Waals surface area (Å²) in [5.74, 6) is -1.51. The second-order valence-corrected chi connectivity index (χ2v) is 15.1. The fourth-order valence-electron chi connectivity index (χ4n) is 6.05. The normalized spacial score (nSPS) is 16.1. The van der Waals surface area contributed by atoms with Gasteiger partial charge in [0.15, 0.2) is 0 Å². The number of nitrogens with zero attached hydrogens (tertiary/aromatic N) is 3. The van der Waals surface area contributed by atoms with Gasteiger partial charge in [0.05, 0.1) is 9.79 Å². The fourth-order valence-corrected chi connectivity index (χ4v) is 8.25. The maximum absolute atomic E-state index is 13.7. The van der Waals surface area contributed by atoms with Crippen LogP contribution in [-0.2, 0) is 36.2 Å². The summed E-state index contributed by atoms with van der Waals surface area (Å²) < 4.78 is 53.5. The Morgan fingerprint density at radius 3 is 2.28 bits per heavy atom. The monoisotopic (exact) mass is 719 g/mol. The van der Waals surface area contributed by atoms with Crippen LogP contribution in [0.3, 0.4) is 0 Å². The van der Waals surface area contributed by atoms with Crippen LogP contribution in [0.15, 0.2) is 101 Å². The number of amides is 1. The summed E-state index contributed by atoms with van der Waals surface area (Å²) in [6.45, 7) is 2.54. The van der Waals surface area contributed by atoms with E-state index in [1.807, 2.05) is 0 Å². The largest absolute Gasteiger partial charge is 0.478 e. The van der Waals surface area contributed by atoms with Crippen molar-refractivity contribution in [2.24, 2.45) is 11.1 Å². The standard InChI is InChI=1S/C26H29N5O5S.C8H8N2O2S/c1-18(26(33)34)15-19-5-3-13-31(17-19)25(32)23(10-14-30-12-4-6-20(30)16-27)29-37(35,36)24-8-2-7-22-21(24)9-11-28-22;9-13(11,12)8-3-1-2-7-6(8)4-5-10-7/h2,4,6-9,11-12,15,19,23,28-29H,3,5,10,13-14,17H2,1H3,(H,33,34);1-5,10H,(H2,9,11,12)/b18-15+;. The van der Waals surface area contributed by atoms with Gasteiger partial charge in [-0.05, 0) is 80.6 Å². The van der Waals surface area contributed by atoms with Gasteiger partial charge in [-0.25, -0.2) is 26.8 Å². The van der Waals surface area contributed by atoms with E-state index in [-0.39, 0.29) is 40.2 Å². The van der Waals surface area contributed by atoms with E-state index in [0.29, 0.717) is 41.5 Å².